The average Bonchev–Trinajstić information content (AvgIpc) is 2.83. The van der Waals surface area contributed by atoms with E-state index in [4.69, 9.17) is 4.98 Å². The second-order valence-corrected chi connectivity index (χ2v) is 6.88. The summed E-state index contributed by atoms with van der Waals surface area (Å²) < 4.78 is 2.16. The van der Waals surface area contributed by atoms with E-state index in [1.807, 2.05) is 12.1 Å². The number of carbonyl (C=O) groups excluding carboxylic acids is 1. The number of nitrogens with zero attached hydrogens (tertiary/aromatic N) is 3. The van der Waals surface area contributed by atoms with Gasteiger partial charge in [0.15, 0.2) is 0 Å². The van der Waals surface area contributed by atoms with Gasteiger partial charge in [-0.15, -0.1) is 0 Å². The van der Waals surface area contributed by atoms with Crippen LogP contribution in [0.1, 0.15) is 32.1 Å². The molecular weight excluding hydrogens is 288 g/mol. The van der Waals surface area contributed by atoms with Gasteiger partial charge in [-0.2, -0.15) is 0 Å². The number of fused-ring (bicyclic) bond motifs is 1. The van der Waals surface area contributed by atoms with Crippen LogP contribution in [0.5, 0.6) is 0 Å². The van der Waals surface area contributed by atoms with Crippen molar-refractivity contribution in [3.05, 3.63) is 24.3 Å². The number of amides is 1. The Balaban J connectivity index is 1.49. The minimum atomic E-state index is 0.247. The molecule has 5 nitrogen and oxygen atoms in total. The van der Waals surface area contributed by atoms with Gasteiger partial charge in [-0.1, -0.05) is 18.6 Å². The molecule has 1 amide bonds. The highest BCUT2D eigenvalue weighted by atomic mass is 16.2. The zero-order chi connectivity index (χ0) is 15.8. The molecule has 5 heteroatoms. The van der Waals surface area contributed by atoms with Crippen molar-refractivity contribution in [3.8, 4) is 0 Å². The van der Waals surface area contributed by atoms with E-state index in [1.54, 1.807) is 0 Å². The lowest BCUT2D eigenvalue weighted by Gasteiger charge is -2.35. The molecule has 1 aromatic heterocycles. The molecular formula is C18H24N4O. The van der Waals surface area contributed by atoms with Crippen molar-refractivity contribution >= 4 is 22.9 Å². The van der Waals surface area contributed by atoms with Crippen molar-refractivity contribution in [2.45, 2.75) is 38.1 Å². The minimum absolute atomic E-state index is 0.247. The Morgan fingerprint density at radius 1 is 1.22 bits per heavy atom. The monoisotopic (exact) mass is 312 g/mol. The van der Waals surface area contributed by atoms with Crippen molar-refractivity contribution in [1.82, 2.24) is 14.9 Å². The predicted octanol–water partition coefficient (Wildman–Crippen LogP) is 2.46. The van der Waals surface area contributed by atoms with Crippen LogP contribution in [0.25, 0.3) is 11.0 Å². The van der Waals surface area contributed by atoms with E-state index < -0.39 is 0 Å². The number of hydrogen-bond donors (Lipinski definition) is 1. The van der Waals surface area contributed by atoms with Gasteiger partial charge in [0, 0.05) is 32.1 Å². The first-order valence-electron chi connectivity index (χ1n) is 8.69. The number of aromatic nitrogens is 2. The molecule has 122 valence electrons. The van der Waals surface area contributed by atoms with E-state index >= 15 is 0 Å². The number of hydrogen-bond acceptors (Lipinski definition) is 3. The van der Waals surface area contributed by atoms with Gasteiger partial charge < -0.3 is 14.8 Å². The number of piperidine rings is 1. The average molecular weight is 312 g/mol. The van der Waals surface area contributed by atoms with Crippen LogP contribution in [0.2, 0.25) is 0 Å². The molecule has 0 radical (unpaired) electrons. The van der Waals surface area contributed by atoms with Crippen LogP contribution in [-0.4, -0.2) is 34.6 Å². The van der Waals surface area contributed by atoms with Crippen LogP contribution < -0.4 is 10.2 Å². The van der Waals surface area contributed by atoms with Gasteiger partial charge in [0.25, 0.3) is 0 Å². The first kappa shape index (κ1) is 14.5. The first-order chi connectivity index (χ1) is 11.2. The second-order valence-electron chi connectivity index (χ2n) is 6.88. The van der Waals surface area contributed by atoms with E-state index in [9.17, 15) is 4.79 Å². The summed E-state index contributed by atoms with van der Waals surface area (Å²) in [5.41, 5.74) is 2.19. The molecule has 1 aliphatic heterocycles. The number of carbonyl (C=O) groups is 1. The van der Waals surface area contributed by atoms with E-state index in [0.717, 1.165) is 55.8 Å². The Bertz CT molecular complexity index is 719. The summed E-state index contributed by atoms with van der Waals surface area (Å²) >= 11 is 0. The summed E-state index contributed by atoms with van der Waals surface area (Å²) in [5.74, 6) is 1.53. The molecule has 1 saturated carbocycles. The third-order valence-corrected chi connectivity index (χ3v) is 5.29. The molecule has 1 N–H and O–H groups in total. The molecule has 1 saturated heterocycles. The minimum Gasteiger partial charge on any atom is -0.351 e. The van der Waals surface area contributed by atoms with Crippen molar-refractivity contribution in [3.63, 3.8) is 0 Å². The fourth-order valence-corrected chi connectivity index (χ4v) is 3.68. The number of anilines is 1. The Morgan fingerprint density at radius 3 is 2.78 bits per heavy atom. The number of nitrogens with one attached hydrogen (secondary N) is 1. The maximum atomic E-state index is 12.2. The highest BCUT2D eigenvalue weighted by Gasteiger charge is 2.29. The molecule has 2 heterocycles. The largest absolute Gasteiger partial charge is 0.351 e. The zero-order valence-corrected chi connectivity index (χ0v) is 13.7. The summed E-state index contributed by atoms with van der Waals surface area (Å²) in [7, 11) is 2.07. The standard InChI is InChI=1S/C18H24N4O/c1-21-16-10-3-2-9-15(16)20-18(21)22-11-5-8-14(12-22)19-17(23)13-6-4-7-13/h2-3,9-10,13-14H,4-8,11-12H2,1H3,(H,19,23). The predicted molar refractivity (Wildman–Crippen MR) is 91.4 cm³/mol. The van der Waals surface area contributed by atoms with E-state index in [2.05, 4.69) is 34.0 Å². The fraction of sp³-hybridized carbons (Fsp3) is 0.556. The summed E-state index contributed by atoms with van der Waals surface area (Å²) in [6.07, 6.45) is 5.49. The Kier molecular flexibility index (Phi) is 3.71. The van der Waals surface area contributed by atoms with Gasteiger partial charge in [-0.3, -0.25) is 4.79 Å². The highest BCUT2D eigenvalue weighted by Crippen LogP contribution is 2.27. The Hall–Kier alpha value is -2.04. The van der Waals surface area contributed by atoms with Crippen LogP contribution in [0.3, 0.4) is 0 Å². The van der Waals surface area contributed by atoms with Crippen molar-refractivity contribution in [2.24, 2.45) is 13.0 Å². The highest BCUT2D eigenvalue weighted by molar-refractivity contribution is 5.80. The fourth-order valence-electron chi connectivity index (χ4n) is 3.68. The summed E-state index contributed by atoms with van der Waals surface area (Å²) in [4.78, 5) is 19.3. The first-order valence-corrected chi connectivity index (χ1v) is 8.69. The summed E-state index contributed by atoms with van der Waals surface area (Å²) in [6, 6.07) is 8.48. The molecule has 0 spiro atoms. The topological polar surface area (TPSA) is 50.2 Å². The van der Waals surface area contributed by atoms with Gasteiger partial charge in [-0.05, 0) is 37.8 Å². The second kappa shape index (κ2) is 5.87. The number of aryl methyl sites for hydroxylation is 1. The molecule has 2 fully saturated rings. The third kappa shape index (κ3) is 2.69. The van der Waals surface area contributed by atoms with Crippen LogP contribution in [0.15, 0.2) is 24.3 Å². The lowest BCUT2D eigenvalue weighted by Crippen LogP contribution is -2.50. The lowest BCUT2D eigenvalue weighted by atomic mass is 9.84. The third-order valence-electron chi connectivity index (χ3n) is 5.29. The van der Waals surface area contributed by atoms with Gasteiger partial charge in [0.1, 0.15) is 0 Å². The van der Waals surface area contributed by atoms with Crippen LogP contribution >= 0.6 is 0 Å². The number of benzene rings is 1. The zero-order valence-electron chi connectivity index (χ0n) is 13.7. The van der Waals surface area contributed by atoms with E-state index in [-0.39, 0.29) is 17.9 Å². The molecule has 2 aliphatic rings. The van der Waals surface area contributed by atoms with E-state index in [0.29, 0.717) is 0 Å². The van der Waals surface area contributed by atoms with Gasteiger partial charge in [-0.25, -0.2) is 4.98 Å². The Morgan fingerprint density at radius 2 is 2.04 bits per heavy atom. The number of imidazole rings is 1. The molecule has 4 rings (SSSR count). The SMILES string of the molecule is Cn1c(N2CCCC(NC(=O)C3CCC3)C2)nc2ccccc21. The molecule has 0 bridgehead atoms. The quantitative estimate of drug-likeness (QED) is 0.947. The van der Waals surface area contributed by atoms with Gasteiger partial charge in [0.05, 0.1) is 11.0 Å². The molecule has 1 atom stereocenters. The van der Waals surface area contributed by atoms with E-state index in [1.165, 1.54) is 6.42 Å². The molecule has 23 heavy (non-hydrogen) atoms. The van der Waals surface area contributed by atoms with Crippen molar-refractivity contribution < 1.29 is 4.79 Å². The summed E-state index contributed by atoms with van der Waals surface area (Å²) in [6.45, 7) is 1.86. The van der Waals surface area contributed by atoms with Crippen LogP contribution in [0.4, 0.5) is 5.95 Å². The number of rotatable bonds is 3. The lowest BCUT2D eigenvalue weighted by molar-refractivity contribution is -0.128. The van der Waals surface area contributed by atoms with Crippen LogP contribution in [-0.2, 0) is 11.8 Å². The number of para-hydroxylation sites is 2. The molecule has 1 aromatic carbocycles. The van der Waals surface area contributed by atoms with Crippen molar-refractivity contribution in [2.75, 3.05) is 18.0 Å². The maximum absolute atomic E-state index is 12.2. The Labute approximate surface area is 136 Å². The smallest absolute Gasteiger partial charge is 0.223 e. The normalized spacial score (nSPS) is 22.1. The van der Waals surface area contributed by atoms with Gasteiger partial charge >= 0.3 is 0 Å². The molecule has 2 aromatic rings. The summed E-state index contributed by atoms with van der Waals surface area (Å²) in [5, 5.41) is 3.26. The maximum Gasteiger partial charge on any atom is 0.223 e. The molecule has 1 unspecified atom stereocenters. The van der Waals surface area contributed by atoms with Gasteiger partial charge in [0.2, 0.25) is 11.9 Å². The molecule has 1 aliphatic carbocycles. The van der Waals surface area contributed by atoms with Crippen LogP contribution in [0, 0.1) is 5.92 Å². The van der Waals surface area contributed by atoms with Crippen molar-refractivity contribution in [1.29, 1.82) is 0 Å².